The summed E-state index contributed by atoms with van der Waals surface area (Å²) < 4.78 is 6.77. The molecule has 0 saturated carbocycles. The van der Waals surface area contributed by atoms with Gasteiger partial charge >= 0.3 is 0 Å². The van der Waals surface area contributed by atoms with Crippen molar-refractivity contribution in [2.24, 2.45) is 4.99 Å². The van der Waals surface area contributed by atoms with Gasteiger partial charge in [0.05, 0.1) is 11.6 Å². The summed E-state index contributed by atoms with van der Waals surface area (Å²) >= 11 is 0. The summed E-state index contributed by atoms with van der Waals surface area (Å²) in [6.07, 6.45) is 2.02. The Balaban J connectivity index is 1.73. The van der Waals surface area contributed by atoms with Crippen LogP contribution in [0.1, 0.15) is 26.3 Å². The summed E-state index contributed by atoms with van der Waals surface area (Å²) in [7, 11) is 0. The van der Waals surface area contributed by atoms with Crippen LogP contribution in [0.2, 0.25) is 0 Å². The first-order valence-electron chi connectivity index (χ1n) is 9.21. The second-order valence-corrected chi connectivity index (χ2v) is 7.58. The molecule has 0 fully saturated rings. The second kappa shape index (κ2) is 5.10. The highest BCUT2D eigenvalue weighted by Gasteiger charge is 2.59. The normalized spacial score (nSPS) is 22.3. The lowest BCUT2D eigenvalue weighted by Gasteiger charge is -2.46. The van der Waals surface area contributed by atoms with Crippen LogP contribution in [0.25, 0.3) is 10.8 Å². The first-order valence-corrected chi connectivity index (χ1v) is 9.21. The van der Waals surface area contributed by atoms with E-state index >= 15 is 0 Å². The highest BCUT2D eigenvalue weighted by Crippen LogP contribution is 2.54. The molecule has 1 atom stereocenters. The van der Waals surface area contributed by atoms with E-state index in [1.807, 2.05) is 6.21 Å². The molecule has 1 unspecified atom stereocenters. The van der Waals surface area contributed by atoms with E-state index in [0.717, 1.165) is 23.4 Å². The Morgan fingerprint density at radius 1 is 0.962 bits per heavy atom. The maximum atomic E-state index is 6.77. The molecule has 5 rings (SSSR count). The zero-order valence-electron chi connectivity index (χ0n) is 15.4. The van der Waals surface area contributed by atoms with Crippen molar-refractivity contribution in [2.75, 3.05) is 11.4 Å². The summed E-state index contributed by atoms with van der Waals surface area (Å²) in [6.45, 7) is 7.53. The molecule has 0 aliphatic carbocycles. The van der Waals surface area contributed by atoms with Gasteiger partial charge in [-0.05, 0) is 43.9 Å². The van der Waals surface area contributed by atoms with Crippen LogP contribution in [0.15, 0.2) is 65.7 Å². The minimum atomic E-state index is -0.610. The zero-order valence-corrected chi connectivity index (χ0v) is 15.4. The number of benzene rings is 3. The van der Waals surface area contributed by atoms with Crippen LogP contribution in [0.3, 0.4) is 0 Å². The van der Waals surface area contributed by atoms with Gasteiger partial charge in [0.25, 0.3) is 0 Å². The Labute approximate surface area is 153 Å². The number of aliphatic imine (C=N–C) groups is 1. The van der Waals surface area contributed by atoms with Crippen molar-refractivity contribution >= 4 is 28.4 Å². The number of hydrogen-bond donors (Lipinski definition) is 0. The van der Waals surface area contributed by atoms with E-state index < -0.39 is 5.72 Å². The monoisotopic (exact) mass is 342 g/mol. The SMILES string of the molecule is CCN1c2ccccc2C(C)(C)C12C=Nc1c(ccc3ccccc13)O2. The molecular formula is C23H22N2O. The average molecular weight is 342 g/mol. The number of hydrogen-bond acceptors (Lipinski definition) is 3. The molecule has 2 aliphatic rings. The van der Waals surface area contributed by atoms with Gasteiger partial charge in [0.1, 0.15) is 11.4 Å². The van der Waals surface area contributed by atoms with Crippen molar-refractivity contribution in [3.63, 3.8) is 0 Å². The van der Waals surface area contributed by atoms with Gasteiger partial charge < -0.3 is 9.64 Å². The van der Waals surface area contributed by atoms with Gasteiger partial charge in [-0.15, -0.1) is 0 Å². The number of rotatable bonds is 1. The van der Waals surface area contributed by atoms with Gasteiger partial charge in [-0.1, -0.05) is 48.5 Å². The minimum absolute atomic E-state index is 0.216. The summed E-state index contributed by atoms with van der Waals surface area (Å²) in [6, 6.07) is 21.1. The Hall–Kier alpha value is -2.81. The van der Waals surface area contributed by atoms with Gasteiger partial charge in [0, 0.05) is 17.6 Å². The van der Waals surface area contributed by atoms with Crippen LogP contribution in [0.4, 0.5) is 11.4 Å². The van der Waals surface area contributed by atoms with Gasteiger partial charge in [0.2, 0.25) is 5.72 Å². The van der Waals surface area contributed by atoms with Gasteiger partial charge in [-0.3, -0.25) is 4.99 Å². The third-order valence-electron chi connectivity index (χ3n) is 5.98. The van der Waals surface area contributed by atoms with Crippen molar-refractivity contribution in [1.29, 1.82) is 0 Å². The quantitative estimate of drug-likeness (QED) is 0.587. The number of likely N-dealkylation sites (N-methyl/N-ethyl adjacent to an activating group) is 1. The van der Waals surface area contributed by atoms with E-state index in [1.165, 1.54) is 16.6 Å². The number of para-hydroxylation sites is 1. The van der Waals surface area contributed by atoms with E-state index in [9.17, 15) is 0 Å². The fourth-order valence-corrected chi connectivity index (χ4v) is 4.56. The molecule has 2 aliphatic heterocycles. The Morgan fingerprint density at radius 2 is 1.73 bits per heavy atom. The molecule has 0 N–H and O–H groups in total. The standard InChI is InChI=1S/C23H22N2O/c1-4-25-19-12-8-7-11-18(19)22(2,3)23(25)15-24-21-17-10-6-5-9-16(17)13-14-20(21)26-23/h5-15H,4H2,1-3H3. The molecule has 3 heteroatoms. The highest BCUT2D eigenvalue weighted by molar-refractivity contribution is 5.99. The average Bonchev–Trinajstić information content (AvgIpc) is 2.85. The Bertz CT molecular complexity index is 1050. The van der Waals surface area contributed by atoms with E-state index in [2.05, 4.69) is 86.3 Å². The van der Waals surface area contributed by atoms with Crippen molar-refractivity contribution < 1.29 is 4.74 Å². The van der Waals surface area contributed by atoms with Crippen molar-refractivity contribution in [2.45, 2.75) is 31.9 Å². The Morgan fingerprint density at radius 3 is 2.58 bits per heavy atom. The first-order chi connectivity index (χ1) is 12.6. The van der Waals surface area contributed by atoms with Crippen LogP contribution in [-0.2, 0) is 5.41 Å². The number of nitrogens with zero attached hydrogens (tertiary/aromatic N) is 2. The minimum Gasteiger partial charge on any atom is -0.459 e. The van der Waals surface area contributed by atoms with E-state index in [0.29, 0.717) is 0 Å². The molecule has 0 amide bonds. The fourth-order valence-electron chi connectivity index (χ4n) is 4.56. The van der Waals surface area contributed by atoms with Crippen LogP contribution in [0, 0.1) is 0 Å². The number of fused-ring (bicyclic) bond motifs is 4. The van der Waals surface area contributed by atoms with Crippen molar-refractivity contribution in [3.05, 3.63) is 66.2 Å². The lowest BCUT2D eigenvalue weighted by Crippen LogP contribution is -2.62. The molecule has 130 valence electrons. The third-order valence-corrected chi connectivity index (χ3v) is 5.98. The summed E-state index contributed by atoms with van der Waals surface area (Å²) in [4.78, 5) is 7.28. The summed E-state index contributed by atoms with van der Waals surface area (Å²) in [5, 5.41) is 2.32. The number of ether oxygens (including phenoxy) is 1. The Kier molecular flexibility index (Phi) is 3.03. The lowest BCUT2D eigenvalue weighted by atomic mass is 9.77. The molecule has 0 aromatic heterocycles. The summed E-state index contributed by atoms with van der Waals surface area (Å²) in [5.74, 6) is 0.852. The molecule has 3 aromatic rings. The van der Waals surface area contributed by atoms with E-state index in [4.69, 9.17) is 9.73 Å². The maximum absolute atomic E-state index is 6.77. The second-order valence-electron chi connectivity index (χ2n) is 7.58. The summed E-state index contributed by atoms with van der Waals surface area (Å²) in [5.41, 5.74) is 2.64. The molecular weight excluding hydrogens is 320 g/mol. The highest BCUT2D eigenvalue weighted by atomic mass is 16.5. The molecule has 0 bridgehead atoms. The maximum Gasteiger partial charge on any atom is 0.228 e. The third kappa shape index (κ3) is 1.75. The van der Waals surface area contributed by atoms with Gasteiger partial charge in [-0.25, -0.2) is 0 Å². The van der Waals surface area contributed by atoms with Crippen LogP contribution < -0.4 is 9.64 Å². The fraction of sp³-hybridized carbons (Fsp3) is 0.261. The predicted octanol–water partition coefficient (Wildman–Crippen LogP) is 5.45. The molecule has 1 spiro atoms. The topological polar surface area (TPSA) is 24.8 Å². The van der Waals surface area contributed by atoms with Crippen molar-refractivity contribution in [1.82, 2.24) is 0 Å². The first kappa shape index (κ1) is 15.4. The molecule has 26 heavy (non-hydrogen) atoms. The zero-order chi connectivity index (χ0) is 17.9. The number of anilines is 1. The molecule has 3 aromatic carbocycles. The van der Waals surface area contributed by atoms with Crippen LogP contribution in [0.5, 0.6) is 5.75 Å². The predicted molar refractivity (Wildman–Crippen MR) is 108 cm³/mol. The van der Waals surface area contributed by atoms with Crippen LogP contribution >= 0.6 is 0 Å². The van der Waals surface area contributed by atoms with Gasteiger partial charge in [-0.2, -0.15) is 0 Å². The molecule has 3 nitrogen and oxygen atoms in total. The lowest BCUT2D eigenvalue weighted by molar-refractivity contribution is 0.0788. The smallest absolute Gasteiger partial charge is 0.228 e. The van der Waals surface area contributed by atoms with Crippen LogP contribution in [-0.4, -0.2) is 18.5 Å². The molecule has 0 radical (unpaired) electrons. The van der Waals surface area contributed by atoms with Gasteiger partial charge in [0.15, 0.2) is 0 Å². The van der Waals surface area contributed by atoms with E-state index in [-0.39, 0.29) is 5.41 Å². The van der Waals surface area contributed by atoms with Crippen molar-refractivity contribution in [3.8, 4) is 5.75 Å². The largest absolute Gasteiger partial charge is 0.459 e. The molecule has 2 heterocycles. The van der Waals surface area contributed by atoms with E-state index in [1.54, 1.807) is 0 Å². The molecule has 0 saturated heterocycles.